The van der Waals surface area contributed by atoms with E-state index in [0.29, 0.717) is 12.8 Å². The van der Waals surface area contributed by atoms with E-state index in [0.717, 1.165) is 41.5 Å². The van der Waals surface area contributed by atoms with Gasteiger partial charge in [0.1, 0.15) is 5.75 Å². The molecule has 1 heterocycles. The Morgan fingerprint density at radius 1 is 1.30 bits per heavy atom. The molecule has 2 atom stereocenters. The van der Waals surface area contributed by atoms with Gasteiger partial charge in [-0.15, -0.1) is 0 Å². The van der Waals surface area contributed by atoms with E-state index < -0.39 is 11.9 Å². The van der Waals surface area contributed by atoms with Crippen LogP contribution in [0.4, 0.5) is 0 Å². The number of benzene rings is 2. The first-order valence-electron chi connectivity index (χ1n) is 8.07. The normalized spacial score (nSPS) is 18.9. The number of carboxylic acids is 1. The maximum Gasteiger partial charge on any atom is 0.306 e. The monoisotopic (exact) mass is 314 g/mol. The van der Waals surface area contributed by atoms with E-state index >= 15 is 0 Å². The lowest BCUT2D eigenvalue weighted by Crippen LogP contribution is -2.22. The number of carboxylic acid groups (broad SMARTS) is 1. The van der Waals surface area contributed by atoms with Gasteiger partial charge in [0.15, 0.2) is 0 Å². The Morgan fingerprint density at radius 2 is 2.09 bits per heavy atom. The Bertz CT molecular complexity index is 689. The molecule has 1 saturated heterocycles. The standard InChI is InChI=1S/C19H22O4/c1-22-17-7-6-14-9-13(4-5-15(14)11-17)10-16(19(20)21)12-18-3-2-8-23-18/h4-7,9,11,16,18H,2-3,8,10,12H2,1H3,(H,20,21). The van der Waals surface area contributed by atoms with E-state index in [2.05, 4.69) is 6.07 Å². The minimum Gasteiger partial charge on any atom is -0.497 e. The lowest BCUT2D eigenvalue weighted by Gasteiger charge is -2.17. The van der Waals surface area contributed by atoms with Crippen molar-refractivity contribution in [2.45, 2.75) is 31.8 Å². The fourth-order valence-electron chi connectivity index (χ4n) is 3.23. The van der Waals surface area contributed by atoms with Gasteiger partial charge in [-0.3, -0.25) is 4.79 Å². The maximum absolute atomic E-state index is 11.6. The fraction of sp³-hybridized carbons (Fsp3) is 0.421. The summed E-state index contributed by atoms with van der Waals surface area (Å²) in [4.78, 5) is 11.6. The van der Waals surface area contributed by atoms with Crippen LogP contribution < -0.4 is 4.74 Å². The summed E-state index contributed by atoms with van der Waals surface area (Å²) < 4.78 is 10.8. The number of aliphatic carboxylic acids is 1. The minimum absolute atomic E-state index is 0.0980. The summed E-state index contributed by atoms with van der Waals surface area (Å²) >= 11 is 0. The first-order chi connectivity index (χ1) is 11.2. The molecule has 4 nitrogen and oxygen atoms in total. The lowest BCUT2D eigenvalue weighted by molar-refractivity contribution is -0.142. The highest BCUT2D eigenvalue weighted by atomic mass is 16.5. The molecule has 1 aliphatic heterocycles. The Morgan fingerprint density at radius 3 is 2.78 bits per heavy atom. The lowest BCUT2D eigenvalue weighted by atomic mass is 9.92. The molecule has 2 aromatic rings. The van der Waals surface area contributed by atoms with Crippen molar-refractivity contribution in [3.63, 3.8) is 0 Å². The Balaban J connectivity index is 1.76. The molecule has 0 spiro atoms. The van der Waals surface area contributed by atoms with Crippen molar-refractivity contribution >= 4 is 16.7 Å². The van der Waals surface area contributed by atoms with E-state index in [1.165, 1.54) is 0 Å². The molecule has 4 heteroatoms. The van der Waals surface area contributed by atoms with Gasteiger partial charge in [-0.1, -0.05) is 24.3 Å². The van der Waals surface area contributed by atoms with Gasteiger partial charge in [-0.05, 0) is 54.2 Å². The van der Waals surface area contributed by atoms with E-state index in [4.69, 9.17) is 9.47 Å². The largest absolute Gasteiger partial charge is 0.497 e. The average molecular weight is 314 g/mol. The van der Waals surface area contributed by atoms with Crippen molar-refractivity contribution in [3.05, 3.63) is 42.0 Å². The molecule has 122 valence electrons. The third kappa shape index (κ3) is 3.82. The highest BCUT2D eigenvalue weighted by Gasteiger charge is 2.25. The quantitative estimate of drug-likeness (QED) is 0.884. The van der Waals surface area contributed by atoms with Gasteiger partial charge in [-0.25, -0.2) is 0 Å². The van der Waals surface area contributed by atoms with Gasteiger partial charge in [0.2, 0.25) is 0 Å². The van der Waals surface area contributed by atoms with Crippen LogP contribution in [0.1, 0.15) is 24.8 Å². The van der Waals surface area contributed by atoms with Crippen molar-refractivity contribution < 1.29 is 19.4 Å². The number of hydrogen-bond donors (Lipinski definition) is 1. The first-order valence-corrected chi connectivity index (χ1v) is 8.07. The van der Waals surface area contributed by atoms with Crippen molar-refractivity contribution in [2.24, 2.45) is 5.92 Å². The van der Waals surface area contributed by atoms with Crippen molar-refractivity contribution in [1.29, 1.82) is 0 Å². The number of hydrogen-bond acceptors (Lipinski definition) is 3. The Hall–Kier alpha value is -2.07. The summed E-state index contributed by atoms with van der Waals surface area (Å²) in [5, 5.41) is 11.7. The SMILES string of the molecule is COc1ccc2cc(CC(CC3CCCO3)C(=O)O)ccc2c1. The zero-order chi connectivity index (χ0) is 16.2. The number of fused-ring (bicyclic) bond motifs is 1. The molecular formula is C19H22O4. The molecule has 0 aliphatic carbocycles. The summed E-state index contributed by atoms with van der Waals surface area (Å²) in [6.45, 7) is 0.759. The predicted molar refractivity (Wildman–Crippen MR) is 88.9 cm³/mol. The maximum atomic E-state index is 11.6. The molecule has 1 fully saturated rings. The molecular weight excluding hydrogens is 292 g/mol. The molecule has 0 radical (unpaired) electrons. The molecule has 2 unspecified atom stereocenters. The van der Waals surface area contributed by atoms with Crippen molar-refractivity contribution in [2.75, 3.05) is 13.7 Å². The minimum atomic E-state index is -0.740. The highest BCUT2D eigenvalue weighted by Crippen LogP contribution is 2.26. The molecule has 1 N–H and O–H groups in total. The smallest absolute Gasteiger partial charge is 0.306 e. The molecule has 2 aromatic carbocycles. The van der Waals surface area contributed by atoms with Crippen LogP contribution in [0.15, 0.2) is 36.4 Å². The first kappa shape index (κ1) is 15.8. The highest BCUT2D eigenvalue weighted by molar-refractivity contribution is 5.84. The second-order valence-corrected chi connectivity index (χ2v) is 6.16. The Kier molecular flexibility index (Phi) is 4.82. The van der Waals surface area contributed by atoms with E-state index in [9.17, 15) is 9.90 Å². The number of carbonyl (C=O) groups is 1. The van der Waals surface area contributed by atoms with E-state index in [1.54, 1.807) is 7.11 Å². The summed E-state index contributed by atoms with van der Waals surface area (Å²) in [6.07, 6.45) is 3.24. The molecule has 0 bridgehead atoms. The zero-order valence-electron chi connectivity index (χ0n) is 13.3. The topological polar surface area (TPSA) is 55.8 Å². The van der Waals surface area contributed by atoms with Crippen LogP contribution in [0.3, 0.4) is 0 Å². The predicted octanol–water partition coefficient (Wildman–Crippen LogP) is 3.66. The fourth-order valence-corrected chi connectivity index (χ4v) is 3.23. The number of rotatable bonds is 6. The van der Waals surface area contributed by atoms with Gasteiger partial charge in [-0.2, -0.15) is 0 Å². The molecule has 1 aliphatic rings. The second kappa shape index (κ2) is 7.01. The number of ether oxygens (including phenoxy) is 2. The summed E-state index contributed by atoms with van der Waals surface area (Å²) in [5.74, 6) is -0.309. The van der Waals surface area contributed by atoms with Crippen LogP contribution in [0.25, 0.3) is 10.8 Å². The third-order valence-electron chi connectivity index (χ3n) is 4.51. The number of methoxy groups -OCH3 is 1. The molecule has 0 aromatic heterocycles. The van der Waals surface area contributed by atoms with Crippen LogP contribution in [0.2, 0.25) is 0 Å². The average Bonchev–Trinajstić information content (AvgIpc) is 3.06. The van der Waals surface area contributed by atoms with Gasteiger partial charge in [0, 0.05) is 6.61 Å². The molecule has 0 amide bonds. The summed E-state index contributed by atoms with van der Waals surface area (Å²) in [5.41, 5.74) is 1.05. The summed E-state index contributed by atoms with van der Waals surface area (Å²) in [7, 11) is 1.65. The van der Waals surface area contributed by atoms with Crippen LogP contribution in [0.5, 0.6) is 5.75 Å². The van der Waals surface area contributed by atoms with Gasteiger partial charge < -0.3 is 14.6 Å². The zero-order valence-corrected chi connectivity index (χ0v) is 13.3. The second-order valence-electron chi connectivity index (χ2n) is 6.16. The van der Waals surface area contributed by atoms with Gasteiger partial charge in [0.05, 0.1) is 19.1 Å². The Labute approximate surface area is 136 Å². The van der Waals surface area contributed by atoms with E-state index in [1.807, 2.05) is 30.3 Å². The third-order valence-corrected chi connectivity index (χ3v) is 4.51. The van der Waals surface area contributed by atoms with Gasteiger partial charge in [0.25, 0.3) is 0 Å². The van der Waals surface area contributed by atoms with Gasteiger partial charge >= 0.3 is 5.97 Å². The van der Waals surface area contributed by atoms with Crippen molar-refractivity contribution in [1.82, 2.24) is 0 Å². The summed E-state index contributed by atoms with van der Waals surface area (Å²) in [6, 6.07) is 12.0. The van der Waals surface area contributed by atoms with E-state index in [-0.39, 0.29) is 6.10 Å². The van der Waals surface area contributed by atoms with Crippen LogP contribution in [-0.4, -0.2) is 30.9 Å². The van der Waals surface area contributed by atoms with Crippen LogP contribution in [0, 0.1) is 5.92 Å². The van der Waals surface area contributed by atoms with Crippen LogP contribution in [-0.2, 0) is 16.0 Å². The molecule has 3 rings (SSSR count). The molecule has 0 saturated carbocycles. The molecule has 23 heavy (non-hydrogen) atoms. The van der Waals surface area contributed by atoms with Crippen molar-refractivity contribution in [3.8, 4) is 5.75 Å². The van der Waals surface area contributed by atoms with Crippen LogP contribution >= 0.6 is 0 Å².